The molecule has 1 amide bonds. The van der Waals surface area contributed by atoms with E-state index in [0.717, 1.165) is 37.2 Å². The van der Waals surface area contributed by atoms with Crippen LogP contribution in [0.25, 0.3) is 0 Å². The molecular formula is C13H24N2OS. The van der Waals surface area contributed by atoms with Gasteiger partial charge in [-0.25, -0.2) is 0 Å². The Morgan fingerprint density at radius 1 is 1.29 bits per heavy atom. The molecule has 2 aliphatic rings. The van der Waals surface area contributed by atoms with E-state index in [9.17, 15) is 4.79 Å². The maximum absolute atomic E-state index is 12.0. The van der Waals surface area contributed by atoms with Crippen LogP contribution < -0.4 is 5.32 Å². The minimum Gasteiger partial charge on any atom is -0.342 e. The molecule has 1 atom stereocenters. The van der Waals surface area contributed by atoms with Gasteiger partial charge in [0.25, 0.3) is 0 Å². The van der Waals surface area contributed by atoms with E-state index in [1.165, 1.54) is 25.7 Å². The van der Waals surface area contributed by atoms with Gasteiger partial charge in [0.1, 0.15) is 0 Å². The fourth-order valence-corrected chi connectivity index (χ4v) is 3.11. The molecular weight excluding hydrogens is 232 g/mol. The first-order chi connectivity index (χ1) is 8.29. The topological polar surface area (TPSA) is 32.3 Å². The number of nitrogens with zero attached hydrogens (tertiary/aromatic N) is 1. The highest BCUT2D eigenvalue weighted by molar-refractivity contribution is 7.99. The van der Waals surface area contributed by atoms with Crippen LogP contribution >= 0.6 is 11.8 Å². The molecule has 3 nitrogen and oxygen atoms in total. The Hall–Kier alpha value is -0.220. The van der Waals surface area contributed by atoms with E-state index in [4.69, 9.17) is 0 Å². The molecule has 0 aromatic rings. The number of thioether (sulfide) groups is 1. The van der Waals surface area contributed by atoms with Gasteiger partial charge >= 0.3 is 0 Å². The summed E-state index contributed by atoms with van der Waals surface area (Å²) < 4.78 is 0. The molecule has 4 heteroatoms. The van der Waals surface area contributed by atoms with Gasteiger partial charge in [0.2, 0.25) is 5.91 Å². The molecule has 98 valence electrons. The van der Waals surface area contributed by atoms with Crippen LogP contribution in [-0.4, -0.2) is 48.5 Å². The third kappa shape index (κ3) is 4.51. The zero-order valence-electron chi connectivity index (χ0n) is 10.8. The first-order valence-corrected chi connectivity index (χ1v) is 8.09. The summed E-state index contributed by atoms with van der Waals surface area (Å²) in [6.07, 6.45) is 8.47. The maximum atomic E-state index is 12.0. The number of carbonyl (C=O) groups excluding carboxylic acids is 1. The SMILES string of the molecule is CSC1CCCN(C(=O)CNCC2CC2)CC1. The van der Waals surface area contributed by atoms with Crippen molar-refractivity contribution in [2.75, 3.05) is 32.4 Å². The van der Waals surface area contributed by atoms with Crippen LogP contribution in [-0.2, 0) is 4.79 Å². The molecule has 2 rings (SSSR count). The Bertz CT molecular complexity index is 256. The minimum atomic E-state index is 0.299. The van der Waals surface area contributed by atoms with E-state index in [2.05, 4.69) is 16.5 Å². The molecule has 1 heterocycles. The summed E-state index contributed by atoms with van der Waals surface area (Å²) in [6, 6.07) is 0. The predicted octanol–water partition coefficient (Wildman–Crippen LogP) is 1.73. The van der Waals surface area contributed by atoms with Gasteiger partial charge in [0.15, 0.2) is 0 Å². The van der Waals surface area contributed by atoms with Crippen LogP contribution in [0.4, 0.5) is 0 Å². The molecule has 0 aromatic heterocycles. The molecule has 1 N–H and O–H groups in total. The smallest absolute Gasteiger partial charge is 0.236 e. The summed E-state index contributed by atoms with van der Waals surface area (Å²) in [5.74, 6) is 1.15. The molecule has 17 heavy (non-hydrogen) atoms. The second-order valence-electron chi connectivity index (χ2n) is 5.24. The van der Waals surface area contributed by atoms with Crippen LogP contribution in [0.2, 0.25) is 0 Å². The van der Waals surface area contributed by atoms with E-state index >= 15 is 0 Å². The first-order valence-electron chi connectivity index (χ1n) is 6.81. The number of carbonyl (C=O) groups is 1. The molecule has 1 unspecified atom stereocenters. The third-order valence-electron chi connectivity index (χ3n) is 3.77. The molecule has 2 fully saturated rings. The lowest BCUT2D eigenvalue weighted by molar-refractivity contribution is -0.130. The van der Waals surface area contributed by atoms with Crippen molar-refractivity contribution in [3.05, 3.63) is 0 Å². The minimum absolute atomic E-state index is 0.299. The molecule has 1 saturated heterocycles. The Kier molecular flexibility index (Phi) is 5.16. The van der Waals surface area contributed by atoms with Gasteiger partial charge in [-0.3, -0.25) is 4.79 Å². The second kappa shape index (κ2) is 6.64. The predicted molar refractivity (Wildman–Crippen MR) is 73.3 cm³/mol. The molecule has 1 aliphatic carbocycles. The van der Waals surface area contributed by atoms with Crippen LogP contribution in [0.5, 0.6) is 0 Å². The van der Waals surface area contributed by atoms with Gasteiger partial charge in [0, 0.05) is 18.3 Å². The van der Waals surface area contributed by atoms with Crippen LogP contribution in [0.1, 0.15) is 32.1 Å². The Labute approximate surface area is 109 Å². The largest absolute Gasteiger partial charge is 0.342 e. The number of nitrogens with one attached hydrogen (secondary N) is 1. The van der Waals surface area contributed by atoms with Crippen molar-refractivity contribution in [3.63, 3.8) is 0 Å². The summed E-state index contributed by atoms with van der Waals surface area (Å²) in [6.45, 7) is 3.49. The molecule has 0 spiro atoms. The number of hydrogen-bond acceptors (Lipinski definition) is 3. The fourth-order valence-electron chi connectivity index (χ4n) is 2.37. The summed E-state index contributed by atoms with van der Waals surface area (Å²) in [4.78, 5) is 14.1. The van der Waals surface area contributed by atoms with Crippen molar-refractivity contribution in [1.82, 2.24) is 10.2 Å². The molecule has 1 aliphatic heterocycles. The molecule has 0 aromatic carbocycles. The van der Waals surface area contributed by atoms with E-state index in [0.29, 0.717) is 12.5 Å². The van der Waals surface area contributed by atoms with E-state index in [1.54, 1.807) is 0 Å². The van der Waals surface area contributed by atoms with Crippen molar-refractivity contribution < 1.29 is 4.79 Å². The lowest BCUT2D eigenvalue weighted by atomic mass is 10.2. The summed E-state index contributed by atoms with van der Waals surface area (Å²) >= 11 is 1.95. The normalized spacial score (nSPS) is 25.7. The van der Waals surface area contributed by atoms with E-state index in [1.807, 2.05) is 11.8 Å². The van der Waals surface area contributed by atoms with E-state index in [-0.39, 0.29) is 0 Å². The third-order valence-corrected chi connectivity index (χ3v) is 4.91. The van der Waals surface area contributed by atoms with Crippen molar-refractivity contribution in [3.8, 4) is 0 Å². The molecule has 0 bridgehead atoms. The van der Waals surface area contributed by atoms with Gasteiger partial charge in [-0.05, 0) is 50.8 Å². The van der Waals surface area contributed by atoms with Crippen molar-refractivity contribution in [2.24, 2.45) is 5.92 Å². The highest BCUT2D eigenvalue weighted by Crippen LogP contribution is 2.27. The maximum Gasteiger partial charge on any atom is 0.236 e. The monoisotopic (exact) mass is 256 g/mol. The van der Waals surface area contributed by atoms with Gasteiger partial charge in [0.05, 0.1) is 6.54 Å². The number of rotatable bonds is 5. The first kappa shape index (κ1) is 13.2. The lowest BCUT2D eigenvalue weighted by Gasteiger charge is -2.20. The van der Waals surface area contributed by atoms with Gasteiger partial charge < -0.3 is 10.2 Å². The zero-order chi connectivity index (χ0) is 12.1. The Morgan fingerprint density at radius 3 is 2.82 bits per heavy atom. The number of amides is 1. The summed E-state index contributed by atoms with van der Waals surface area (Å²) in [5.41, 5.74) is 0. The molecule has 1 saturated carbocycles. The zero-order valence-corrected chi connectivity index (χ0v) is 11.6. The summed E-state index contributed by atoms with van der Waals surface area (Å²) in [7, 11) is 0. The van der Waals surface area contributed by atoms with Crippen LogP contribution in [0.15, 0.2) is 0 Å². The standard InChI is InChI=1S/C13H24N2OS/c1-17-12-3-2-7-15(8-6-12)13(16)10-14-9-11-4-5-11/h11-12,14H,2-10H2,1H3. The quantitative estimate of drug-likeness (QED) is 0.813. The average Bonchev–Trinajstić information content (AvgIpc) is 3.14. The van der Waals surface area contributed by atoms with Crippen molar-refractivity contribution >= 4 is 17.7 Å². The van der Waals surface area contributed by atoms with Gasteiger partial charge in [-0.1, -0.05) is 0 Å². The van der Waals surface area contributed by atoms with Gasteiger partial charge in [-0.2, -0.15) is 11.8 Å². The van der Waals surface area contributed by atoms with Crippen molar-refractivity contribution in [1.29, 1.82) is 0 Å². The van der Waals surface area contributed by atoms with Gasteiger partial charge in [-0.15, -0.1) is 0 Å². The number of hydrogen-bond donors (Lipinski definition) is 1. The van der Waals surface area contributed by atoms with Crippen LogP contribution in [0.3, 0.4) is 0 Å². The fraction of sp³-hybridized carbons (Fsp3) is 0.923. The molecule has 0 radical (unpaired) electrons. The second-order valence-corrected chi connectivity index (χ2v) is 6.38. The Morgan fingerprint density at radius 2 is 2.12 bits per heavy atom. The highest BCUT2D eigenvalue weighted by Gasteiger charge is 2.22. The summed E-state index contributed by atoms with van der Waals surface area (Å²) in [5, 5.41) is 4.05. The Balaban J connectivity index is 1.66. The number of likely N-dealkylation sites (tertiary alicyclic amines) is 1. The van der Waals surface area contributed by atoms with Crippen molar-refractivity contribution in [2.45, 2.75) is 37.4 Å². The van der Waals surface area contributed by atoms with Crippen LogP contribution in [0, 0.1) is 5.92 Å². The lowest BCUT2D eigenvalue weighted by Crippen LogP contribution is -2.39. The van der Waals surface area contributed by atoms with E-state index < -0.39 is 0 Å². The highest BCUT2D eigenvalue weighted by atomic mass is 32.2. The average molecular weight is 256 g/mol.